The average molecular weight is 496 g/mol. The fourth-order valence-electron chi connectivity index (χ4n) is 5.14. The number of ether oxygens (including phenoxy) is 1. The number of nitrogens with one attached hydrogen (secondary N) is 1. The van der Waals surface area contributed by atoms with Crippen LogP contribution in [0.5, 0.6) is 0 Å². The van der Waals surface area contributed by atoms with Gasteiger partial charge in [0, 0.05) is 22.6 Å². The highest BCUT2D eigenvalue weighted by Gasteiger charge is 2.45. The normalized spacial score (nSPS) is 19.8. The van der Waals surface area contributed by atoms with E-state index >= 15 is 0 Å². The quantitative estimate of drug-likeness (QED) is 0.370. The smallest absolute Gasteiger partial charge is 0.343 e. The standard InChI is InChI=1S/C26H26FN3O6/c1-5-26(35)17-7-20-22-15(9-30(20)24(33)16(17)10-36-25(26)34)21(12(3)28-23(32)13(4)31)14-6-11(2)18(27)8-19(14)29-22/h6-8,12-13,31,35H,5,9-10H2,1-4H3,(H,28,32)/t12-,13-,26-/m0/s1. The van der Waals surface area contributed by atoms with E-state index < -0.39 is 41.0 Å². The first-order chi connectivity index (χ1) is 17.0. The number of cyclic esters (lactones) is 1. The highest BCUT2D eigenvalue weighted by atomic mass is 19.1. The van der Waals surface area contributed by atoms with Crippen molar-refractivity contribution < 1.29 is 28.9 Å². The Hall–Kier alpha value is -3.63. The molecule has 0 unspecified atom stereocenters. The lowest BCUT2D eigenvalue weighted by Gasteiger charge is -2.31. The van der Waals surface area contributed by atoms with Crippen molar-refractivity contribution in [2.45, 2.75) is 65.0 Å². The first kappa shape index (κ1) is 24.1. The minimum Gasteiger partial charge on any atom is -0.458 e. The number of esters is 1. The molecule has 4 heterocycles. The second kappa shape index (κ2) is 8.21. The van der Waals surface area contributed by atoms with E-state index in [9.17, 15) is 29.0 Å². The third-order valence-corrected chi connectivity index (χ3v) is 7.18. The van der Waals surface area contributed by atoms with Crippen LogP contribution in [0.3, 0.4) is 0 Å². The van der Waals surface area contributed by atoms with E-state index in [0.29, 0.717) is 39.0 Å². The van der Waals surface area contributed by atoms with Crippen molar-refractivity contribution in [3.63, 3.8) is 0 Å². The van der Waals surface area contributed by atoms with Crippen molar-refractivity contribution in [1.82, 2.24) is 14.9 Å². The zero-order valence-electron chi connectivity index (χ0n) is 20.3. The number of hydrogen-bond donors (Lipinski definition) is 3. The molecule has 3 N–H and O–H groups in total. The number of aliphatic hydroxyl groups excluding tert-OH is 1. The minimum absolute atomic E-state index is 0.0118. The Morgan fingerprint density at radius 2 is 2.00 bits per heavy atom. The number of aliphatic hydroxyl groups is 2. The van der Waals surface area contributed by atoms with Crippen LogP contribution in [-0.4, -0.2) is 37.7 Å². The molecule has 2 aromatic heterocycles. The number of carbonyl (C=O) groups is 2. The average Bonchev–Trinajstić information content (AvgIpc) is 3.19. The summed E-state index contributed by atoms with van der Waals surface area (Å²) in [5.74, 6) is -1.85. The zero-order chi connectivity index (χ0) is 26.1. The maximum atomic E-state index is 14.5. The summed E-state index contributed by atoms with van der Waals surface area (Å²) >= 11 is 0. The summed E-state index contributed by atoms with van der Waals surface area (Å²) < 4.78 is 21.1. The summed E-state index contributed by atoms with van der Waals surface area (Å²) in [5, 5.41) is 24.2. The van der Waals surface area contributed by atoms with Gasteiger partial charge in [0.2, 0.25) is 5.91 Å². The predicted octanol–water partition coefficient (Wildman–Crippen LogP) is 2.09. The molecule has 2 aliphatic rings. The lowest BCUT2D eigenvalue weighted by molar-refractivity contribution is -0.172. The maximum absolute atomic E-state index is 14.5. The fraction of sp³-hybridized carbons (Fsp3) is 0.385. The molecule has 36 heavy (non-hydrogen) atoms. The topological polar surface area (TPSA) is 131 Å². The van der Waals surface area contributed by atoms with E-state index in [1.54, 1.807) is 32.9 Å². The van der Waals surface area contributed by atoms with Gasteiger partial charge in [-0.1, -0.05) is 6.92 Å². The number of hydrogen-bond acceptors (Lipinski definition) is 7. The molecule has 0 saturated heterocycles. The molecule has 3 aromatic rings. The van der Waals surface area contributed by atoms with Crippen LogP contribution < -0.4 is 10.9 Å². The number of nitrogens with zero attached hydrogens (tertiary/aromatic N) is 2. The Kier molecular flexibility index (Phi) is 5.49. The van der Waals surface area contributed by atoms with Crippen molar-refractivity contribution in [2.75, 3.05) is 0 Å². The predicted molar refractivity (Wildman–Crippen MR) is 127 cm³/mol. The number of benzene rings is 1. The van der Waals surface area contributed by atoms with Crippen molar-refractivity contribution in [3.8, 4) is 11.4 Å². The molecule has 0 spiro atoms. The monoisotopic (exact) mass is 495 g/mol. The van der Waals surface area contributed by atoms with Gasteiger partial charge in [-0.3, -0.25) is 9.59 Å². The van der Waals surface area contributed by atoms with E-state index in [0.717, 1.165) is 0 Å². The maximum Gasteiger partial charge on any atom is 0.343 e. The van der Waals surface area contributed by atoms with Crippen LogP contribution in [-0.2, 0) is 33.1 Å². The Balaban J connectivity index is 1.80. The van der Waals surface area contributed by atoms with Crippen LogP contribution in [0.15, 0.2) is 23.0 Å². The molecule has 0 bridgehead atoms. The zero-order valence-corrected chi connectivity index (χ0v) is 20.3. The Morgan fingerprint density at radius 1 is 1.28 bits per heavy atom. The third-order valence-electron chi connectivity index (χ3n) is 7.18. The number of aryl methyl sites for hydroxylation is 1. The molecule has 5 rings (SSSR count). The second-order valence-corrected chi connectivity index (χ2v) is 9.48. The first-order valence-corrected chi connectivity index (χ1v) is 11.8. The van der Waals surface area contributed by atoms with Gasteiger partial charge in [0.15, 0.2) is 5.60 Å². The lowest BCUT2D eigenvalue weighted by Crippen LogP contribution is -2.44. The van der Waals surface area contributed by atoms with Gasteiger partial charge in [0.1, 0.15) is 18.5 Å². The van der Waals surface area contributed by atoms with Crippen molar-refractivity contribution in [2.24, 2.45) is 0 Å². The summed E-state index contributed by atoms with van der Waals surface area (Å²) in [6, 6.07) is 3.93. The molecule has 1 aromatic carbocycles. The van der Waals surface area contributed by atoms with Crippen LogP contribution in [0, 0.1) is 12.7 Å². The largest absolute Gasteiger partial charge is 0.458 e. The number of carbonyl (C=O) groups excluding carboxylic acids is 2. The summed E-state index contributed by atoms with van der Waals surface area (Å²) in [4.78, 5) is 42.9. The fourth-order valence-corrected chi connectivity index (χ4v) is 5.14. The van der Waals surface area contributed by atoms with Gasteiger partial charge in [-0.2, -0.15) is 0 Å². The van der Waals surface area contributed by atoms with Gasteiger partial charge in [-0.25, -0.2) is 14.2 Å². The van der Waals surface area contributed by atoms with E-state index in [2.05, 4.69) is 10.3 Å². The molecule has 0 aliphatic carbocycles. The molecule has 10 heteroatoms. The van der Waals surface area contributed by atoms with Crippen LogP contribution in [0.1, 0.15) is 61.1 Å². The molecule has 0 radical (unpaired) electrons. The third kappa shape index (κ3) is 3.35. The first-order valence-electron chi connectivity index (χ1n) is 11.8. The highest BCUT2D eigenvalue weighted by Crippen LogP contribution is 2.42. The Morgan fingerprint density at radius 3 is 2.67 bits per heavy atom. The van der Waals surface area contributed by atoms with Crippen LogP contribution in [0.2, 0.25) is 0 Å². The van der Waals surface area contributed by atoms with E-state index in [-0.39, 0.29) is 30.7 Å². The summed E-state index contributed by atoms with van der Waals surface area (Å²) in [6.45, 7) is 6.22. The van der Waals surface area contributed by atoms with Crippen molar-refractivity contribution in [3.05, 3.63) is 62.2 Å². The summed E-state index contributed by atoms with van der Waals surface area (Å²) in [5.41, 5.74) is 0.790. The number of pyridine rings is 2. The molecule has 3 atom stereocenters. The van der Waals surface area contributed by atoms with E-state index in [1.165, 1.54) is 17.6 Å². The van der Waals surface area contributed by atoms with Gasteiger partial charge < -0.3 is 24.8 Å². The van der Waals surface area contributed by atoms with Gasteiger partial charge in [-0.05, 0) is 50.5 Å². The SMILES string of the molecule is CC[C@@]1(O)C(=O)OCc2c1cc1n(c2=O)Cc2c-1nc1cc(F)c(C)cc1c2[C@H](C)NC(=O)[C@H](C)O. The molecule has 1 amide bonds. The van der Waals surface area contributed by atoms with Crippen LogP contribution in [0.4, 0.5) is 4.39 Å². The number of halogens is 1. The highest BCUT2D eigenvalue weighted by molar-refractivity contribution is 5.91. The second-order valence-electron chi connectivity index (χ2n) is 9.48. The molecular formula is C26H26FN3O6. The number of aromatic nitrogens is 2. The van der Waals surface area contributed by atoms with Crippen molar-refractivity contribution >= 4 is 22.8 Å². The Labute approximate surface area is 205 Å². The van der Waals surface area contributed by atoms with Crippen LogP contribution in [0.25, 0.3) is 22.3 Å². The number of fused-ring (bicyclic) bond motifs is 5. The molecular weight excluding hydrogens is 469 g/mol. The molecule has 0 fully saturated rings. The van der Waals surface area contributed by atoms with Crippen molar-refractivity contribution in [1.29, 1.82) is 0 Å². The number of rotatable bonds is 4. The molecule has 188 valence electrons. The molecule has 9 nitrogen and oxygen atoms in total. The molecule has 2 aliphatic heterocycles. The number of amides is 1. The minimum atomic E-state index is -1.97. The van der Waals surface area contributed by atoms with Crippen LogP contribution >= 0.6 is 0 Å². The van der Waals surface area contributed by atoms with Gasteiger partial charge in [0.05, 0.1) is 35.1 Å². The molecule has 0 saturated carbocycles. The van der Waals surface area contributed by atoms with Gasteiger partial charge in [0.25, 0.3) is 5.56 Å². The van der Waals surface area contributed by atoms with Gasteiger partial charge in [-0.15, -0.1) is 0 Å². The van der Waals surface area contributed by atoms with Gasteiger partial charge >= 0.3 is 5.97 Å². The summed E-state index contributed by atoms with van der Waals surface area (Å²) in [7, 11) is 0. The van der Waals surface area contributed by atoms with E-state index in [4.69, 9.17) is 4.74 Å². The van der Waals surface area contributed by atoms with E-state index in [1.807, 2.05) is 0 Å². The Bertz CT molecular complexity index is 1530. The lowest BCUT2D eigenvalue weighted by atomic mass is 9.86. The summed E-state index contributed by atoms with van der Waals surface area (Å²) in [6.07, 6.45) is -1.22.